The van der Waals surface area contributed by atoms with Crippen molar-refractivity contribution in [1.82, 2.24) is 4.90 Å². The van der Waals surface area contributed by atoms with Gasteiger partial charge in [-0.15, -0.1) is 0 Å². The van der Waals surface area contributed by atoms with E-state index in [1.807, 2.05) is 20.8 Å². The van der Waals surface area contributed by atoms with Crippen LogP contribution in [0, 0.1) is 0 Å². The van der Waals surface area contributed by atoms with Gasteiger partial charge in [0.2, 0.25) is 0 Å². The Balaban J connectivity index is 2.46. The van der Waals surface area contributed by atoms with Crippen LogP contribution >= 0.6 is 0 Å². The predicted octanol–water partition coefficient (Wildman–Crippen LogP) is 1.49. The van der Waals surface area contributed by atoms with Gasteiger partial charge in [-0.2, -0.15) is 0 Å². The summed E-state index contributed by atoms with van der Waals surface area (Å²) in [5.41, 5.74) is -0.523. The average Bonchev–Trinajstić information content (AvgIpc) is 2.39. The first-order valence-corrected chi connectivity index (χ1v) is 6.09. The van der Waals surface area contributed by atoms with E-state index in [9.17, 15) is 9.59 Å². The van der Waals surface area contributed by atoms with E-state index in [1.54, 1.807) is 4.90 Å². The van der Waals surface area contributed by atoms with Gasteiger partial charge in [-0.3, -0.25) is 4.79 Å². The van der Waals surface area contributed by atoms with Gasteiger partial charge in [-0.1, -0.05) is 0 Å². The lowest BCUT2D eigenvalue weighted by molar-refractivity contribution is -0.140. The van der Waals surface area contributed by atoms with E-state index in [0.717, 1.165) is 0 Å². The van der Waals surface area contributed by atoms with Crippen molar-refractivity contribution in [3.63, 3.8) is 0 Å². The van der Waals surface area contributed by atoms with Gasteiger partial charge >= 0.3 is 12.1 Å². The zero-order valence-corrected chi connectivity index (χ0v) is 11.1. The Hall–Kier alpha value is -1.30. The Bertz CT molecular complexity index is 310. The lowest BCUT2D eigenvalue weighted by Gasteiger charge is -2.26. The fraction of sp³-hybridized carbons (Fsp3) is 0.833. The molecule has 1 heterocycles. The lowest BCUT2D eigenvalue weighted by Crippen LogP contribution is -2.38. The van der Waals surface area contributed by atoms with Crippen molar-refractivity contribution in [3.8, 4) is 0 Å². The molecule has 0 bridgehead atoms. The molecule has 0 aromatic rings. The topological polar surface area (TPSA) is 76.1 Å². The zero-order valence-electron chi connectivity index (χ0n) is 11.1. The highest BCUT2D eigenvalue weighted by atomic mass is 16.6. The normalized spacial score (nSPS) is 21.3. The van der Waals surface area contributed by atoms with Gasteiger partial charge in [0.15, 0.2) is 0 Å². The van der Waals surface area contributed by atoms with Crippen LogP contribution in [0.1, 0.15) is 33.6 Å². The predicted molar refractivity (Wildman–Crippen MR) is 64.4 cm³/mol. The molecule has 1 rings (SSSR count). The molecule has 0 aromatic carbocycles. The summed E-state index contributed by atoms with van der Waals surface area (Å²) < 4.78 is 10.7. The number of hydrogen-bond donors (Lipinski definition) is 1. The number of carboxylic acids is 1. The van der Waals surface area contributed by atoms with Gasteiger partial charge in [-0.05, 0) is 27.2 Å². The van der Waals surface area contributed by atoms with Crippen LogP contribution in [-0.4, -0.2) is 53.5 Å². The first-order valence-electron chi connectivity index (χ1n) is 6.09. The van der Waals surface area contributed by atoms with Crippen LogP contribution in [0.5, 0.6) is 0 Å². The molecule has 0 radical (unpaired) electrons. The number of aliphatic carboxylic acids is 1. The number of ether oxygens (including phenoxy) is 2. The van der Waals surface area contributed by atoms with Gasteiger partial charge in [0, 0.05) is 13.1 Å². The molecule has 1 atom stereocenters. The third kappa shape index (κ3) is 5.35. The molecular formula is C12H21NO5. The number of rotatable bonds is 2. The van der Waals surface area contributed by atoms with Gasteiger partial charge in [-0.25, -0.2) is 4.79 Å². The maximum atomic E-state index is 11.8. The molecule has 6 nitrogen and oxygen atoms in total. The van der Waals surface area contributed by atoms with E-state index in [4.69, 9.17) is 14.6 Å². The molecule has 1 unspecified atom stereocenters. The van der Waals surface area contributed by atoms with Crippen LogP contribution in [0.3, 0.4) is 0 Å². The molecule has 1 aliphatic heterocycles. The summed E-state index contributed by atoms with van der Waals surface area (Å²) in [5.74, 6) is -0.884. The van der Waals surface area contributed by atoms with Crippen molar-refractivity contribution in [2.24, 2.45) is 0 Å². The fourth-order valence-electron chi connectivity index (χ4n) is 1.69. The largest absolute Gasteiger partial charge is 0.481 e. The molecule has 1 aliphatic rings. The van der Waals surface area contributed by atoms with E-state index in [2.05, 4.69) is 0 Å². The van der Waals surface area contributed by atoms with Crippen LogP contribution in [0.25, 0.3) is 0 Å². The Labute approximate surface area is 107 Å². The molecule has 1 N–H and O–H groups in total. The quantitative estimate of drug-likeness (QED) is 0.813. The summed E-state index contributed by atoms with van der Waals surface area (Å²) in [7, 11) is 0. The van der Waals surface area contributed by atoms with Crippen LogP contribution in [0.2, 0.25) is 0 Å². The second kappa shape index (κ2) is 6.04. The fourth-order valence-corrected chi connectivity index (χ4v) is 1.69. The standard InChI is InChI=1S/C12H21NO5/c1-12(2,3)18-11(16)13-5-4-9(8-10(14)15)17-7-6-13/h9H,4-8H2,1-3H3,(H,14,15). The molecule has 0 aliphatic carbocycles. The minimum Gasteiger partial charge on any atom is -0.481 e. The Morgan fingerprint density at radius 2 is 2.06 bits per heavy atom. The highest BCUT2D eigenvalue weighted by molar-refractivity contribution is 5.68. The minimum atomic E-state index is -0.884. The molecule has 6 heteroatoms. The molecule has 104 valence electrons. The highest BCUT2D eigenvalue weighted by Gasteiger charge is 2.26. The summed E-state index contributed by atoms with van der Waals surface area (Å²) in [6.45, 7) is 6.68. The highest BCUT2D eigenvalue weighted by Crippen LogP contribution is 2.14. The van der Waals surface area contributed by atoms with Crippen molar-refractivity contribution in [2.45, 2.75) is 45.3 Å². The van der Waals surface area contributed by atoms with Gasteiger partial charge < -0.3 is 19.5 Å². The van der Waals surface area contributed by atoms with Gasteiger partial charge in [0.1, 0.15) is 5.60 Å². The smallest absolute Gasteiger partial charge is 0.410 e. The Kier molecular flexibility index (Phi) is 4.95. The molecule has 0 spiro atoms. The number of carbonyl (C=O) groups excluding carboxylic acids is 1. The van der Waals surface area contributed by atoms with Crippen molar-refractivity contribution in [3.05, 3.63) is 0 Å². The van der Waals surface area contributed by atoms with E-state index < -0.39 is 11.6 Å². The number of nitrogens with zero attached hydrogens (tertiary/aromatic N) is 1. The first kappa shape index (κ1) is 14.8. The van der Waals surface area contributed by atoms with Gasteiger partial charge in [0.25, 0.3) is 0 Å². The summed E-state index contributed by atoms with van der Waals surface area (Å²) in [6, 6.07) is 0. The average molecular weight is 259 g/mol. The number of carbonyl (C=O) groups is 2. The van der Waals surface area contributed by atoms with Crippen molar-refractivity contribution >= 4 is 12.1 Å². The van der Waals surface area contributed by atoms with E-state index in [1.165, 1.54) is 0 Å². The van der Waals surface area contributed by atoms with E-state index >= 15 is 0 Å². The Morgan fingerprint density at radius 3 is 2.61 bits per heavy atom. The van der Waals surface area contributed by atoms with Crippen molar-refractivity contribution in [1.29, 1.82) is 0 Å². The maximum Gasteiger partial charge on any atom is 0.410 e. The number of carboxylic acid groups (broad SMARTS) is 1. The molecular weight excluding hydrogens is 238 g/mol. The van der Waals surface area contributed by atoms with Crippen molar-refractivity contribution < 1.29 is 24.2 Å². The third-order valence-corrected chi connectivity index (χ3v) is 2.49. The summed E-state index contributed by atoms with van der Waals surface area (Å²) in [4.78, 5) is 24.0. The molecule has 0 aromatic heterocycles. The zero-order chi connectivity index (χ0) is 13.8. The van der Waals surface area contributed by atoms with E-state index in [0.29, 0.717) is 26.1 Å². The lowest BCUT2D eigenvalue weighted by atomic mass is 10.2. The summed E-state index contributed by atoms with van der Waals surface area (Å²) >= 11 is 0. The maximum absolute atomic E-state index is 11.8. The second-order valence-electron chi connectivity index (χ2n) is 5.35. The van der Waals surface area contributed by atoms with E-state index in [-0.39, 0.29) is 18.6 Å². The van der Waals surface area contributed by atoms with Crippen LogP contribution in [0.15, 0.2) is 0 Å². The third-order valence-electron chi connectivity index (χ3n) is 2.49. The Morgan fingerprint density at radius 1 is 1.39 bits per heavy atom. The van der Waals surface area contributed by atoms with Crippen LogP contribution in [0.4, 0.5) is 4.79 Å². The SMILES string of the molecule is CC(C)(C)OC(=O)N1CCOC(CC(=O)O)CC1. The molecule has 1 fully saturated rings. The molecule has 0 saturated carbocycles. The van der Waals surface area contributed by atoms with Crippen LogP contribution in [-0.2, 0) is 14.3 Å². The number of amides is 1. The minimum absolute atomic E-state index is 0.0256. The van der Waals surface area contributed by atoms with Crippen molar-refractivity contribution in [2.75, 3.05) is 19.7 Å². The number of hydrogen-bond acceptors (Lipinski definition) is 4. The second-order valence-corrected chi connectivity index (χ2v) is 5.35. The molecule has 18 heavy (non-hydrogen) atoms. The summed E-state index contributed by atoms with van der Waals surface area (Å²) in [5, 5.41) is 8.70. The summed E-state index contributed by atoms with van der Waals surface area (Å²) in [6.07, 6.45) is -0.203. The van der Waals surface area contributed by atoms with Crippen LogP contribution < -0.4 is 0 Å². The molecule has 1 amide bonds. The monoisotopic (exact) mass is 259 g/mol. The van der Waals surface area contributed by atoms with Gasteiger partial charge in [0.05, 0.1) is 19.1 Å². The molecule has 1 saturated heterocycles. The first-order chi connectivity index (χ1) is 8.28.